The summed E-state index contributed by atoms with van der Waals surface area (Å²) in [7, 11) is 0. The molecule has 0 spiro atoms. The SMILES string of the molecule is O=C(N[C@@H](CO)c1ccccc1)c1ccc(Cn2cc(-c3ccc4cnccc4c3)nn2)o1. The predicted octanol–water partition coefficient (Wildman–Crippen LogP) is 3.60. The van der Waals surface area contributed by atoms with E-state index in [1.165, 1.54) is 0 Å². The maximum absolute atomic E-state index is 12.6. The number of furan rings is 1. The molecule has 164 valence electrons. The van der Waals surface area contributed by atoms with Crippen LogP contribution in [0.15, 0.2) is 89.7 Å². The van der Waals surface area contributed by atoms with E-state index in [1.807, 2.05) is 67.0 Å². The maximum Gasteiger partial charge on any atom is 0.287 e. The van der Waals surface area contributed by atoms with Crippen LogP contribution in [0, 0.1) is 0 Å². The number of benzene rings is 2. The molecule has 2 aromatic carbocycles. The van der Waals surface area contributed by atoms with Crippen molar-refractivity contribution in [2.45, 2.75) is 12.6 Å². The second-order valence-corrected chi connectivity index (χ2v) is 7.62. The fraction of sp³-hybridized carbons (Fsp3) is 0.120. The summed E-state index contributed by atoms with van der Waals surface area (Å²) in [6, 6.07) is 20.1. The predicted molar refractivity (Wildman–Crippen MR) is 122 cm³/mol. The molecule has 0 aliphatic rings. The van der Waals surface area contributed by atoms with Gasteiger partial charge in [-0.15, -0.1) is 5.10 Å². The van der Waals surface area contributed by atoms with Gasteiger partial charge in [-0.2, -0.15) is 0 Å². The Labute approximate surface area is 189 Å². The molecule has 0 bridgehead atoms. The van der Waals surface area contributed by atoms with Crippen molar-refractivity contribution in [1.82, 2.24) is 25.3 Å². The summed E-state index contributed by atoms with van der Waals surface area (Å²) >= 11 is 0. The topological polar surface area (TPSA) is 106 Å². The van der Waals surface area contributed by atoms with Crippen molar-refractivity contribution in [3.8, 4) is 11.3 Å². The number of pyridine rings is 1. The van der Waals surface area contributed by atoms with Crippen molar-refractivity contribution >= 4 is 16.7 Å². The molecular weight excluding hydrogens is 418 g/mol. The second kappa shape index (κ2) is 9.05. The monoisotopic (exact) mass is 439 g/mol. The molecule has 0 saturated heterocycles. The zero-order chi connectivity index (χ0) is 22.6. The number of hydrogen-bond acceptors (Lipinski definition) is 6. The number of rotatable bonds is 7. The zero-order valence-electron chi connectivity index (χ0n) is 17.6. The summed E-state index contributed by atoms with van der Waals surface area (Å²) < 4.78 is 7.37. The van der Waals surface area contributed by atoms with Gasteiger partial charge in [-0.3, -0.25) is 9.78 Å². The Morgan fingerprint density at radius 1 is 1.06 bits per heavy atom. The number of fused-ring (bicyclic) bond motifs is 1. The largest absolute Gasteiger partial charge is 0.454 e. The molecule has 0 aliphatic carbocycles. The first-order chi connectivity index (χ1) is 16.2. The van der Waals surface area contributed by atoms with Crippen LogP contribution >= 0.6 is 0 Å². The molecular formula is C25H21N5O3. The molecule has 3 aromatic heterocycles. The van der Waals surface area contributed by atoms with Gasteiger partial charge in [0.25, 0.3) is 5.91 Å². The molecule has 0 radical (unpaired) electrons. The third kappa shape index (κ3) is 4.51. The third-order valence-electron chi connectivity index (χ3n) is 5.37. The van der Waals surface area contributed by atoms with Crippen LogP contribution in [0.4, 0.5) is 0 Å². The maximum atomic E-state index is 12.6. The fourth-order valence-corrected chi connectivity index (χ4v) is 3.64. The molecule has 0 unspecified atom stereocenters. The number of nitrogens with one attached hydrogen (secondary N) is 1. The van der Waals surface area contributed by atoms with E-state index in [-0.39, 0.29) is 12.4 Å². The van der Waals surface area contributed by atoms with E-state index in [0.717, 1.165) is 27.6 Å². The van der Waals surface area contributed by atoms with Crippen LogP contribution in [0.2, 0.25) is 0 Å². The Balaban J connectivity index is 1.27. The van der Waals surface area contributed by atoms with E-state index in [9.17, 15) is 9.90 Å². The Morgan fingerprint density at radius 3 is 2.79 bits per heavy atom. The Morgan fingerprint density at radius 2 is 1.94 bits per heavy atom. The van der Waals surface area contributed by atoms with Crippen molar-refractivity contribution in [3.05, 3.63) is 102 Å². The van der Waals surface area contributed by atoms with Gasteiger partial charge in [-0.05, 0) is 35.2 Å². The average Bonchev–Trinajstić information content (AvgIpc) is 3.53. The van der Waals surface area contributed by atoms with Crippen LogP contribution < -0.4 is 5.32 Å². The van der Waals surface area contributed by atoms with Crippen molar-refractivity contribution in [2.24, 2.45) is 0 Å². The first-order valence-corrected chi connectivity index (χ1v) is 10.5. The van der Waals surface area contributed by atoms with E-state index < -0.39 is 11.9 Å². The van der Waals surface area contributed by atoms with Gasteiger partial charge >= 0.3 is 0 Å². The minimum absolute atomic E-state index is 0.169. The van der Waals surface area contributed by atoms with Crippen LogP contribution in [-0.2, 0) is 6.54 Å². The molecule has 8 nitrogen and oxygen atoms in total. The van der Waals surface area contributed by atoms with Gasteiger partial charge in [0.15, 0.2) is 5.76 Å². The van der Waals surface area contributed by atoms with Crippen LogP contribution in [0.3, 0.4) is 0 Å². The Hall–Kier alpha value is -4.30. The molecule has 3 heterocycles. The minimum atomic E-state index is -0.511. The highest BCUT2D eigenvalue weighted by molar-refractivity contribution is 5.91. The molecule has 0 saturated carbocycles. The lowest BCUT2D eigenvalue weighted by Crippen LogP contribution is -2.30. The minimum Gasteiger partial charge on any atom is -0.454 e. The van der Waals surface area contributed by atoms with E-state index in [4.69, 9.17) is 4.42 Å². The number of aliphatic hydroxyl groups excluding tert-OH is 1. The van der Waals surface area contributed by atoms with E-state index >= 15 is 0 Å². The molecule has 2 N–H and O–H groups in total. The summed E-state index contributed by atoms with van der Waals surface area (Å²) in [6.07, 6.45) is 5.42. The number of carbonyl (C=O) groups excluding carboxylic acids is 1. The van der Waals surface area contributed by atoms with Gasteiger partial charge in [0, 0.05) is 23.3 Å². The van der Waals surface area contributed by atoms with Crippen molar-refractivity contribution in [3.63, 3.8) is 0 Å². The normalized spacial score (nSPS) is 12.0. The van der Waals surface area contributed by atoms with Crippen molar-refractivity contribution in [1.29, 1.82) is 0 Å². The first-order valence-electron chi connectivity index (χ1n) is 10.5. The van der Waals surface area contributed by atoms with Gasteiger partial charge in [0.1, 0.15) is 18.0 Å². The number of nitrogens with zero attached hydrogens (tertiary/aromatic N) is 4. The van der Waals surface area contributed by atoms with E-state index in [0.29, 0.717) is 12.3 Å². The zero-order valence-corrected chi connectivity index (χ0v) is 17.6. The second-order valence-electron chi connectivity index (χ2n) is 7.62. The molecule has 33 heavy (non-hydrogen) atoms. The van der Waals surface area contributed by atoms with Gasteiger partial charge in [0.2, 0.25) is 0 Å². The van der Waals surface area contributed by atoms with Crippen LogP contribution in [0.25, 0.3) is 22.0 Å². The average molecular weight is 439 g/mol. The number of aromatic nitrogens is 4. The number of carbonyl (C=O) groups is 1. The quantitative estimate of drug-likeness (QED) is 0.401. The number of aliphatic hydroxyl groups is 1. The Bertz CT molecular complexity index is 1390. The summed E-state index contributed by atoms with van der Waals surface area (Å²) in [4.78, 5) is 16.7. The summed E-state index contributed by atoms with van der Waals surface area (Å²) in [5, 5.41) is 23.0. The summed E-state index contributed by atoms with van der Waals surface area (Å²) in [6.45, 7) is 0.121. The molecule has 1 amide bonds. The molecule has 8 heteroatoms. The van der Waals surface area contributed by atoms with Gasteiger partial charge < -0.3 is 14.8 Å². The van der Waals surface area contributed by atoms with Gasteiger partial charge in [0.05, 0.1) is 18.8 Å². The first kappa shape index (κ1) is 20.6. The number of hydrogen-bond donors (Lipinski definition) is 2. The molecule has 0 fully saturated rings. The molecule has 5 rings (SSSR count). The highest BCUT2D eigenvalue weighted by Crippen LogP contribution is 2.22. The molecule has 1 atom stereocenters. The molecule has 0 aliphatic heterocycles. The fourth-order valence-electron chi connectivity index (χ4n) is 3.64. The lowest BCUT2D eigenvalue weighted by Gasteiger charge is -2.15. The Kier molecular flexibility index (Phi) is 5.65. The van der Waals surface area contributed by atoms with E-state index in [1.54, 1.807) is 23.0 Å². The van der Waals surface area contributed by atoms with Gasteiger partial charge in [-0.25, -0.2) is 4.68 Å². The molecule has 5 aromatic rings. The standard InChI is InChI=1S/C25H21N5O3/c31-16-23(17-4-2-1-3-5-17)27-25(32)24-9-8-21(33-24)14-30-15-22(28-29-30)19-6-7-20-13-26-11-10-18(20)12-19/h1-13,15,23,31H,14,16H2,(H,27,32)/t23-/m0/s1. The summed E-state index contributed by atoms with van der Waals surface area (Å²) in [5.41, 5.74) is 2.52. The number of amides is 1. The van der Waals surface area contributed by atoms with Crippen LogP contribution in [-0.4, -0.2) is 37.6 Å². The van der Waals surface area contributed by atoms with E-state index in [2.05, 4.69) is 20.6 Å². The third-order valence-corrected chi connectivity index (χ3v) is 5.37. The lowest BCUT2D eigenvalue weighted by molar-refractivity contribution is 0.0886. The lowest BCUT2D eigenvalue weighted by atomic mass is 10.1. The van der Waals surface area contributed by atoms with Crippen molar-refractivity contribution < 1.29 is 14.3 Å². The van der Waals surface area contributed by atoms with Crippen LogP contribution in [0.1, 0.15) is 27.9 Å². The highest BCUT2D eigenvalue weighted by Gasteiger charge is 2.18. The summed E-state index contributed by atoms with van der Waals surface area (Å²) in [5.74, 6) is 0.346. The highest BCUT2D eigenvalue weighted by atomic mass is 16.4. The smallest absolute Gasteiger partial charge is 0.287 e. The van der Waals surface area contributed by atoms with Gasteiger partial charge in [-0.1, -0.05) is 47.7 Å². The van der Waals surface area contributed by atoms with Crippen molar-refractivity contribution in [2.75, 3.05) is 6.61 Å². The van der Waals surface area contributed by atoms with Crippen LogP contribution in [0.5, 0.6) is 0 Å².